The zero-order chi connectivity index (χ0) is 17.4. The second-order valence-electron chi connectivity index (χ2n) is 5.89. The summed E-state index contributed by atoms with van der Waals surface area (Å²) in [5.41, 5.74) is 2.52. The summed E-state index contributed by atoms with van der Waals surface area (Å²) < 4.78 is 0. The van der Waals surface area contributed by atoms with Gasteiger partial charge in [-0.3, -0.25) is 9.78 Å². The van der Waals surface area contributed by atoms with Crippen molar-refractivity contribution >= 4 is 17.3 Å². The lowest BCUT2D eigenvalue weighted by Gasteiger charge is -2.23. The number of nitrogens with zero attached hydrogens (tertiary/aromatic N) is 3. The number of benzene rings is 1. The maximum Gasteiger partial charge on any atom is 0.269 e. The maximum absolute atomic E-state index is 12.3. The minimum Gasteiger partial charge on any atom is -0.351 e. The summed E-state index contributed by atoms with van der Waals surface area (Å²) in [4.78, 5) is 20.8. The number of nitrogens with one attached hydrogen (secondary N) is 1. The number of pyridine rings is 1. The first-order valence-corrected chi connectivity index (χ1v) is 8.33. The van der Waals surface area contributed by atoms with Gasteiger partial charge < -0.3 is 15.1 Å². The predicted molar refractivity (Wildman–Crippen MR) is 98.9 cm³/mol. The van der Waals surface area contributed by atoms with Crippen LogP contribution in [0.15, 0.2) is 48.7 Å². The van der Waals surface area contributed by atoms with E-state index >= 15 is 0 Å². The van der Waals surface area contributed by atoms with Gasteiger partial charge in [-0.2, -0.15) is 0 Å². The van der Waals surface area contributed by atoms with Crippen LogP contribution in [0.5, 0.6) is 0 Å². The molecule has 1 aromatic carbocycles. The van der Waals surface area contributed by atoms with Gasteiger partial charge in [0.25, 0.3) is 5.91 Å². The molecule has 0 aliphatic rings. The van der Waals surface area contributed by atoms with E-state index in [1.54, 1.807) is 6.20 Å². The van der Waals surface area contributed by atoms with Crippen molar-refractivity contribution in [3.8, 4) is 0 Å². The van der Waals surface area contributed by atoms with Crippen LogP contribution >= 0.6 is 0 Å². The quantitative estimate of drug-likeness (QED) is 0.758. The number of para-hydroxylation sites is 1. The molecule has 0 spiro atoms. The first-order chi connectivity index (χ1) is 11.6. The molecule has 5 heteroatoms. The molecule has 5 nitrogen and oxygen atoms in total. The molecule has 0 unspecified atom stereocenters. The lowest BCUT2D eigenvalue weighted by atomic mass is 10.2. The van der Waals surface area contributed by atoms with Crippen LogP contribution in [0.25, 0.3) is 0 Å². The van der Waals surface area contributed by atoms with Crippen LogP contribution in [-0.2, 0) is 0 Å². The van der Waals surface area contributed by atoms with Crippen molar-refractivity contribution in [2.45, 2.75) is 13.3 Å². The van der Waals surface area contributed by atoms with Crippen LogP contribution in [0.1, 0.15) is 23.8 Å². The van der Waals surface area contributed by atoms with E-state index in [4.69, 9.17) is 0 Å². The Balaban J connectivity index is 2.06. The van der Waals surface area contributed by atoms with Gasteiger partial charge in [0.15, 0.2) is 0 Å². The molecule has 0 aliphatic carbocycles. The number of rotatable bonds is 8. The highest BCUT2D eigenvalue weighted by molar-refractivity contribution is 5.93. The first-order valence-electron chi connectivity index (χ1n) is 8.33. The third kappa shape index (κ3) is 5.06. The largest absolute Gasteiger partial charge is 0.351 e. The molecular formula is C19H26N4O. The van der Waals surface area contributed by atoms with E-state index in [1.807, 2.05) is 44.4 Å². The topological polar surface area (TPSA) is 48.5 Å². The number of amides is 1. The van der Waals surface area contributed by atoms with Crippen molar-refractivity contribution < 1.29 is 4.79 Å². The summed E-state index contributed by atoms with van der Waals surface area (Å²) in [6.45, 7) is 4.51. The summed E-state index contributed by atoms with van der Waals surface area (Å²) in [7, 11) is 4.05. The Kier molecular flexibility index (Phi) is 6.75. The van der Waals surface area contributed by atoms with Gasteiger partial charge in [-0.15, -0.1) is 0 Å². The van der Waals surface area contributed by atoms with E-state index in [-0.39, 0.29) is 5.91 Å². The molecule has 0 bridgehead atoms. The molecule has 0 atom stereocenters. The third-order valence-electron chi connectivity index (χ3n) is 3.74. The minimum atomic E-state index is -0.125. The van der Waals surface area contributed by atoms with E-state index in [1.165, 1.54) is 0 Å². The average molecular weight is 326 g/mol. The zero-order valence-electron chi connectivity index (χ0n) is 14.7. The van der Waals surface area contributed by atoms with Crippen LogP contribution in [0, 0.1) is 0 Å². The monoisotopic (exact) mass is 326 g/mol. The van der Waals surface area contributed by atoms with Crippen molar-refractivity contribution in [1.82, 2.24) is 15.2 Å². The van der Waals surface area contributed by atoms with Crippen molar-refractivity contribution in [2.24, 2.45) is 0 Å². The van der Waals surface area contributed by atoms with Gasteiger partial charge in [0, 0.05) is 30.7 Å². The Morgan fingerprint density at radius 1 is 1.12 bits per heavy atom. The second-order valence-corrected chi connectivity index (χ2v) is 5.89. The lowest BCUT2D eigenvalue weighted by molar-refractivity contribution is 0.0947. The van der Waals surface area contributed by atoms with Gasteiger partial charge in [-0.25, -0.2) is 0 Å². The van der Waals surface area contributed by atoms with E-state index < -0.39 is 0 Å². The summed E-state index contributed by atoms with van der Waals surface area (Å²) in [5.74, 6) is -0.125. The van der Waals surface area contributed by atoms with Gasteiger partial charge in [0.2, 0.25) is 0 Å². The van der Waals surface area contributed by atoms with Crippen LogP contribution in [0.2, 0.25) is 0 Å². The normalized spacial score (nSPS) is 10.7. The molecule has 24 heavy (non-hydrogen) atoms. The Hall–Kier alpha value is -2.40. The number of hydrogen-bond acceptors (Lipinski definition) is 4. The van der Waals surface area contributed by atoms with E-state index in [2.05, 4.69) is 39.2 Å². The van der Waals surface area contributed by atoms with Crippen molar-refractivity contribution in [2.75, 3.05) is 38.6 Å². The number of carbonyl (C=O) groups excluding carboxylic acids is 1. The van der Waals surface area contributed by atoms with Crippen molar-refractivity contribution in [3.63, 3.8) is 0 Å². The molecular weight excluding hydrogens is 300 g/mol. The fraction of sp³-hybridized carbons (Fsp3) is 0.368. The molecule has 2 rings (SSSR count). The number of hydrogen-bond donors (Lipinski definition) is 1. The van der Waals surface area contributed by atoms with Crippen LogP contribution in [-0.4, -0.2) is 49.5 Å². The summed E-state index contributed by atoms with van der Waals surface area (Å²) in [6, 6.07) is 13.9. The Morgan fingerprint density at radius 3 is 2.54 bits per heavy atom. The van der Waals surface area contributed by atoms with Crippen LogP contribution in [0.4, 0.5) is 11.4 Å². The van der Waals surface area contributed by atoms with Crippen LogP contribution < -0.4 is 10.2 Å². The highest BCUT2D eigenvalue weighted by Gasteiger charge is 2.11. The highest BCUT2D eigenvalue weighted by atomic mass is 16.1. The fourth-order valence-corrected chi connectivity index (χ4v) is 2.52. The van der Waals surface area contributed by atoms with E-state index in [0.717, 1.165) is 30.9 Å². The molecule has 1 amide bonds. The van der Waals surface area contributed by atoms with Crippen molar-refractivity contribution in [1.29, 1.82) is 0 Å². The average Bonchev–Trinajstić information content (AvgIpc) is 2.60. The summed E-state index contributed by atoms with van der Waals surface area (Å²) in [6.07, 6.45) is 2.61. The Morgan fingerprint density at radius 2 is 1.88 bits per heavy atom. The molecule has 1 N–H and O–H groups in total. The SMILES string of the molecule is CCN(c1ccccc1)c1ccnc(C(=O)NCCCN(C)C)c1. The zero-order valence-corrected chi connectivity index (χ0v) is 14.7. The molecule has 0 radical (unpaired) electrons. The first kappa shape index (κ1) is 17.9. The third-order valence-corrected chi connectivity index (χ3v) is 3.74. The van der Waals surface area contributed by atoms with Gasteiger partial charge >= 0.3 is 0 Å². The molecule has 0 aliphatic heterocycles. The molecule has 0 fully saturated rings. The molecule has 0 saturated carbocycles. The highest BCUT2D eigenvalue weighted by Crippen LogP contribution is 2.24. The number of aromatic nitrogens is 1. The smallest absolute Gasteiger partial charge is 0.269 e. The van der Waals surface area contributed by atoms with Gasteiger partial charge in [-0.1, -0.05) is 18.2 Å². The fourth-order valence-electron chi connectivity index (χ4n) is 2.52. The number of carbonyl (C=O) groups is 1. The standard InChI is InChI=1S/C19H26N4O/c1-4-23(16-9-6-5-7-10-16)17-11-13-20-18(15-17)19(24)21-12-8-14-22(2)3/h5-7,9-11,13,15H,4,8,12,14H2,1-3H3,(H,21,24). The van der Waals surface area contributed by atoms with Gasteiger partial charge in [0.05, 0.1) is 0 Å². The lowest BCUT2D eigenvalue weighted by Crippen LogP contribution is -2.28. The maximum atomic E-state index is 12.3. The summed E-state index contributed by atoms with van der Waals surface area (Å²) in [5, 5.41) is 2.93. The molecule has 1 aromatic heterocycles. The van der Waals surface area contributed by atoms with Crippen molar-refractivity contribution in [3.05, 3.63) is 54.4 Å². The molecule has 0 saturated heterocycles. The molecule has 128 valence electrons. The second kappa shape index (κ2) is 9.03. The minimum absolute atomic E-state index is 0.125. The molecule has 2 aromatic rings. The number of anilines is 2. The van der Waals surface area contributed by atoms with Crippen LogP contribution in [0.3, 0.4) is 0 Å². The van der Waals surface area contributed by atoms with E-state index in [9.17, 15) is 4.79 Å². The Labute approximate surface area is 144 Å². The van der Waals surface area contributed by atoms with Gasteiger partial charge in [-0.05, 0) is 58.3 Å². The summed E-state index contributed by atoms with van der Waals surface area (Å²) >= 11 is 0. The molecule has 1 heterocycles. The Bertz CT molecular complexity index is 643. The van der Waals surface area contributed by atoms with E-state index in [0.29, 0.717) is 12.2 Å². The predicted octanol–water partition coefficient (Wildman–Crippen LogP) is 2.92. The van der Waals surface area contributed by atoms with Gasteiger partial charge in [0.1, 0.15) is 5.69 Å².